The highest BCUT2D eigenvalue weighted by atomic mass is 16.5. The molecule has 3 rings (SSSR count). The summed E-state index contributed by atoms with van der Waals surface area (Å²) in [5.41, 5.74) is 2.99. The Bertz CT molecular complexity index is 515. The lowest BCUT2D eigenvalue weighted by atomic mass is 10.2. The number of aryl methyl sites for hydroxylation is 1. The fourth-order valence-corrected chi connectivity index (χ4v) is 1.83. The quantitative estimate of drug-likeness (QED) is 0.800. The van der Waals surface area contributed by atoms with Crippen LogP contribution in [0.15, 0.2) is 12.3 Å². The zero-order valence-electron chi connectivity index (χ0n) is 10.9. The van der Waals surface area contributed by atoms with Gasteiger partial charge in [-0.3, -0.25) is 0 Å². The van der Waals surface area contributed by atoms with Crippen molar-refractivity contribution >= 4 is 5.65 Å². The van der Waals surface area contributed by atoms with Crippen molar-refractivity contribution in [2.45, 2.75) is 39.5 Å². The summed E-state index contributed by atoms with van der Waals surface area (Å²) in [6, 6.07) is 1.97. The molecule has 0 N–H and O–H groups in total. The van der Waals surface area contributed by atoms with Gasteiger partial charge in [0.25, 0.3) is 0 Å². The number of methoxy groups -OCH3 is 1. The molecule has 1 fully saturated rings. The molecular formula is C13H19N3O. The Morgan fingerprint density at radius 3 is 2.65 bits per heavy atom. The molecule has 1 saturated carbocycles. The van der Waals surface area contributed by atoms with Gasteiger partial charge in [0, 0.05) is 12.0 Å². The van der Waals surface area contributed by atoms with E-state index in [4.69, 9.17) is 4.74 Å². The predicted octanol–water partition coefficient (Wildman–Crippen LogP) is 2.95. The molecule has 4 nitrogen and oxygen atoms in total. The fourth-order valence-electron chi connectivity index (χ4n) is 1.83. The maximum Gasteiger partial charge on any atom is 0.157 e. The van der Waals surface area contributed by atoms with Crippen LogP contribution in [-0.4, -0.2) is 21.7 Å². The van der Waals surface area contributed by atoms with Crippen molar-refractivity contribution in [1.82, 2.24) is 14.6 Å². The van der Waals surface area contributed by atoms with E-state index in [1.165, 1.54) is 12.8 Å². The smallest absolute Gasteiger partial charge is 0.157 e. The molecule has 2 aromatic rings. The van der Waals surface area contributed by atoms with Crippen molar-refractivity contribution < 1.29 is 4.74 Å². The van der Waals surface area contributed by atoms with Gasteiger partial charge in [-0.25, -0.2) is 9.50 Å². The van der Waals surface area contributed by atoms with Crippen molar-refractivity contribution in [3.05, 3.63) is 23.7 Å². The molecule has 92 valence electrons. The summed E-state index contributed by atoms with van der Waals surface area (Å²) in [4.78, 5) is 4.27. The second-order valence-corrected chi connectivity index (χ2v) is 4.04. The average Bonchev–Trinajstić information content (AvgIpc) is 3.16. The summed E-state index contributed by atoms with van der Waals surface area (Å²) in [6.07, 6.45) is 4.28. The molecule has 0 aliphatic heterocycles. The second-order valence-electron chi connectivity index (χ2n) is 4.04. The van der Waals surface area contributed by atoms with Crippen molar-refractivity contribution in [2.24, 2.45) is 0 Å². The van der Waals surface area contributed by atoms with E-state index in [9.17, 15) is 0 Å². The topological polar surface area (TPSA) is 39.4 Å². The van der Waals surface area contributed by atoms with E-state index in [1.54, 1.807) is 7.11 Å². The Labute approximate surface area is 102 Å². The van der Waals surface area contributed by atoms with E-state index in [2.05, 4.69) is 10.1 Å². The van der Waals surface area contributed by atoms with Crippen LogP contribution < -0.4 is 4.74 Å². The lowest BCUT2D eigenvalue weighted by molar-refractivity contribution is 0.405. The van der Waals surface area contributed by atoms with Crippen LogP contribution >= 0.6 is 0 Å². The first-order valence-corrected chi connectivity index (χ1v) is 6.19. The third-order valence-electron chi connectivity index (χ3n) is 2.84. The average molecular weight is 233 g/mol. The van der Waals surface area contributed by atoms with Gasteiger partial charge in [0.1, 0.15) is 11.4 Å². The van der Waals surface area contributed by atoms with E-state index in [1.807, 2.05) is 37.5 Å². The van der Waals surface area contributed by atoms with Gasteiger partial charge in [-0.05, 0) is 19.8 Å². The number of aromatic nitrogens is 3. The summed E-state index contributed by atoms with van der Waals surface area (Å²) in [5, 5.41) is 4.60. The zero-order valence-corrected chi connectivity index (χ0v) is 10.9. The molecule has 0 aromatic carbocycles. The van der Waals surface area contributed by atoms with Crippen molar-refractivity contribution in [3.63, 3.8) is 0 Å². The van der Waals surface area contributed by atoms with Gasteiger partial charge >= 0.3 is 0 Å². The standard InChI is InChI=1S/C11H13N3O.C2H6/c1-7-6-12-10-5-9(15-2)11(8-3-4-8)13-14(7)10;1-2/h5-6,8H,3-4H2,1-2H3;1-2H3. The third kappa shape index (κ3) is 2.12. The van der Waals surface area contributed by atoms with Gasteiger partial charge in [0.05, 0.1) is 19.0 Å². The first-order chi connectivity index (χ1) is 8.29. The number of imidazole rings is 1. The molecule has 2 heterocycles. The van der Waals surface area contributed by atoms with Crippen LogP contribution in [0.25, 0.3) is 5.65 Å². The van der Waals surface area contributed by atoms with Crippen LogP contribution in [0, 0.1) is 6.92 Å². The number of hydrogen-bond acceptors (Lipinski definition) is 3. The van der Waals surface area contributed by atoms with Crippen LogP contribution in [0.1, 0.15) is 44.0 Å². The summed E-state index contributed by atoms with van der Waals surface area (Å²) >= 11 is 0. The van der Waals surface area contributed by atoms with Gasteiger partial charge in [-0.15, -0.1) is 0 Å². The molecule has 0 atom stereocenters. The minimum Gasteiger partial charge on any atom is -0.495 e. The summed E-state index contributed by atoms with van der Waals surface area (Å²) in [5.74, 6) is 1.46. The maximum atomic E-state index is 5.35. The molecule has 0 saturated heterocycles. The van der Waals surface area contributed by atoms with Crippen LogP contribution in [0.2, 0.25) is 0 Å². The van der Waals surface area contributed by atoms with Crippen LogP contribution in [0.4, 0.5) is 0 Å². The van der Waals surface area contributed by atoms with E-state index < -0.39 is 0 Å². The van der Waals surface area contributed by atoms with Gasteiger partial charge in [0.2, 0.25) is 0 Å². The second kappa shape index (κ2) is 4.73. The Hall–Kier alpha value is -1.58. The van der Waals surface area contributed by atoms with Crippen LogP contribution in [-0.2, 0) is 0 Å². The van der Waals surface area contributed by atoms with Gasteiger partial charge in [0.15, 0.2) is 5.65 Å². The molecule has 0 unspecified atom stereocenters. The predicted molar refractivity (Wildman–Crippen MR) is 67.6 cm³/mol. The first kappa shape index (κ1) is 11.9. The van der Waals surface area contributed by atoms with E-state index in [0.717, 1.165) is 22.8 Å². The molecule has 2 aromatic heterocycles. The molecule has 4 heteroatoms. The molecule has 1 aliphatic carbocycles. The lowest BCUT2D eigenvalue weighted by Gasteiger charge is -2.07. The number of fused-ring (bicyclic) bond motifs is 1. The molecule has 17 heavy (non-hydrogen) atoms. The molecule has 1 aliphatic rings. The van der Waals surface area contributed by atoms with Crippen molar-refractivity contribution in [3.8, 4) is 5.75 Å². The largest absolute Gasteiger partial charge is 0.495 e. The number of hydrogen-bond donors (Lipinski definition) is 0. The van der Waals surface area contributed by atoms with Crippen molar-refractivity contribution in [2.75, 3.05) is 7.11 Å². The van der Waals surface area contributed by atoms with E-state index in [0.29, 0.717) is 5.92 Å². The Morgan fingerprint density at radius 2 is 2.06 bits per heavy atom. The molecule has 0 amide bonds. The van der Waals surface area contributed by atoms with Gasteiger partial charge in [-0.1, -0.05) is 13.8 Å². The highest BCUT2D eigenvalue weighted by Crippen LogP contribution is 2.43. The highest BCUT2D eigenvalue weighted by molar-refractivity contribution is 5.47. The Morgan fingerprint density at radius 1 is 1.35 bits per heavy atom. The Kier molecular flexibility index (Phi) is 3.31. The number of rotatable bonds is 2. The highest BCUT2D eigenvalue weighted by Gasteiger charge is 2.29. The normalized spacial score (nSPS) is 14.4. The van der Waals surface area contributed by atoms with Crippen LogP contribution in [0.3, 0.4) is 0 Å². The SMILES string of the molecule is CC.COc1cc2ncc(C)n2nc1C1CC1. The molecule has 0 bridgehead atoms. The van der Waals surface area contributed by atoms with Crippen molar-refractivity contribution in [1.29, 1.82) is 0 Å². The minimum atomic E-state index is 0.589. The minimum absolute atomic E-state index is 0.589. The third-order valence-corrected chi connectivity index (χ3v) is 2.84. The Balaban J connectivity index is 0.000000514. The summed E-state index contributed by atoms with van der Waals surface area (Å²) < 4.78 is 7.23. The first-order valence-electron chi connectivity index (χ1n) is 6.19. The molecule has 0 radical (unpaired) electrons. The number of nitrogens with zero attached hydrogens (tertiary/aromatic N) is 3. The zero-order chi connectivity index (χ0) is 12.4. The maximum absolute atomic E-state index is 5.35. The lowest BCUT2D eigenvalue weighted by Crippen LogP contribution is -2.01. The van der Waals surface area contributed by atoms with Crippen LogP contribution in [0.5, 0.6) is 5.75 Å². The number of ether oxygens (including phenoxy) is 1. The summed E-state index contributed by atoms with van der Waals surface area (Å²) in [7, 11) is 1.69. The van der Waals surface area contributed by atoms with E-state index in [-0.39, 0.29) is 0 Å². The van der Waals surface area contributed by atoms with E-state index >= 15 is 0 Å². The fraction of sp³-hybridized carbons (Fsp3) is 0.538. The monoisotopic (exact) mass is 233 g/mol. The van der Waals surface area contributed by atoms with Gasteiger partial charge in [-0.2, -0.15) is 5.10 Å². The summed E-state index contributed by atoms with van der Waals surface area (Å²) in [6.45, 7) is 6.01. The molecule has 0 spiro atoms. The molecular weight excluding hydrogens is 214 g/mol. The van der Waals surface area contributed by atoms with Gasteiger partial charge < -0.3 is 4.74 Å².